The number of likely N-dealkylation sites (tertiary alicyclic amines) is 1. The summed E-state index contributed by atoms with van der Waals surface area (Å²) in [6.07, 6.45) is 1.46. The highest BCUT2D eigenvalue weighted by atomic mass is 19.1. The van der Waals surface area contributed by atoms with E-state index in [0.717, 1.165) is 12.8 Å². The first kappa shape index (κ1) is 20.1. The average molecular weight is 411 g/mol. The molecule has 2 saturated heterocycles. The van der Waals surface area contributed by atoms with Crippen LogP contribution in [-0.2, 0) is 14.3 Å². The number of rotatable bonds is 5. The topological polar surface area (TPSA) is 76.1 Å². The molecule has 2 aliphatic rings. The van der Waals surface area contributed by atoms with E-state index in [-0.39, 0.29) is 24.0 Å². The third kappa shape index (κ3) is 3.68. The summed E-state index contributed by atoms with van der Waals surface area (Å²) in [5.41, 5.74) is 0.725. The minimum atomic E-state index is -0.896. The smallest absolute Gasteiger partial charge is 0.295 e. The van der Waals surface area contributed by atoms with E-state index in [4.69, 9.17) is 9.47 Å². The number of ketones is 1. The van der Waals surface area contributed by atoms with Gasteiger partial charge in [0.2, 0.25) is 0 Å². The molecule has 0 bridgehead atoms. The number of aliphatic hydroxyl groups is 1. The molecule has 2 aliphatic heterocycles. The number of carbonyl (C=O) groups excluding carboxylic acids is 2. The lowest BCUT2D eigenvalue weighted by Gasteiger charge is -2.27. The van der Waals surface area contributed by atoms with E-state index in [1.807, 2.05) is 0 Å². The van der Waals surface area contributed by atoms with Gasteiger partial charge in [0.15, 0.2) is 0 Å². The van der Waals surface area contributed by atoms with E-state index in [1.54, 1.807) is 30.3 Å². The predicted molar refractivity (Wildman–Crippen MR) is 107 cm³/mol. The molecule has 6 nitrogen and oxygen atoms in total. The monoisotopic (exact) mass is 411 g/mol. The minimum absolute atomic E-state index is 0.0613. The molecule has 0 unspecified atom stereocenters. The molecule has 2 aromatic rings. The fraction of sp³-hybridized carbons (Fsp3) is 0.304. The SMILES string of the molecule is COc1ccc(/C(O)=C2\C(=O)C(=O)N(C[C@H]3CCCO3)[C@@H]2c2cccc(F)c2)cc1. The van der Waals surface area contributed by atoms with E-state index in [1.165, 1.54) is 30.2 Å². The number of methoxy groups -OCH3 is 1. The standard InChI is InChI=1S/C23H22FNO5/c1-29-17-9-7-14(8-10-17)21(26)19-20(15-4-2-5-16(24)12-15)25(23(28)22(19)27)13-18-6-3-11-30-18/h2,4-5,7-10,12,18,20,26H,3,6,11,13H2,1H3/b21-19+/t18-,20-/m1/s1. The van der Waals surface area contributed by atoms with Gasteiger partial charge in [-0.2, -0.15) is 0 Å². The zero-order valence-corrected chi connectivity index (χ0v) is 16.5. The van der Waals surface area contributed by atoms with Crippen molar-refractivity contribution >= 4 is 17.4 Å². The molecule has 2 aromatic carbocycles. The van der Waals surface area contributed by atoms with Gasteiger partial charge in [0, 0.05) is 18.7 Å². The lowest BCUT2D eigenvalue weighted by Crippen LogP contribution is -2.36. The van der Waals surface area contributed by atoms with Crippen LogP contribution >= 0.6 is 0 Å². The molecular formula is C23H22FNO5. The van der Waals surface area contributed by atoms with Crippen LogP contribution in [0.2, 0.25) is 0 Å². The second kappa shape index (κ2) is 8.28. The number of ether oxygens (including phenoxy) is 2. The number of aliphatic hydroxyl groups excluding tert-OH is 1. The molecule has 2 heterocycles. The summed E-state index contributed by atoms with van der Waals surface area (Å²) in [7, 11) is 1.52. The molecule has 7 heteroatoms. The lowest BCUT2D eigenvalue weighted by molar-refractivity contribution is -0.140. The van der Waals surface area contributed by atoms with Crippen molar-refractivity contribution in [3.8, 4) is 5.75 Å². The lowest BCUT2D eigenvalue weighted by atomic mass is 9.95. The van der Waals surface area contributed by atoms with Crippen LogP contribution in [0.25, 0.3) is 5.76 Å². The third-order valence-electron chi connectivity index (χ3n) is 5.49. The summed E-state index contributed by atoms with van der Waals surface area (Å²) in [4.78, 5) is 27.2. The van der Waals surface area contributed by atoms with Gasteiger partial charge in [-0.25, -0.2) is 4.39 Å². The van der Waals surface area contributed by atoms with Crippen LogP contribution < -0.4 is 4.74 Å². The Labute approximate surface area is 173 Å². The van der Waals surface area contributed by atoms with Gasteiger partial charge >= 0.3 is 0 Å². The van der Waals surface area contributed by atoms with Crippen LogP contribution in [0.15, 0.2) is 54.1 Å². The summed E-state index contributed by atoms with van der Waals surface area (Å²) in [5.74, 6) is -1.72. The van der Waals surface area contributed by atoms with Crippen LogP contribution in [0.4, 0.5) is 4.39 Å². The number of Topliss-reactive ketones (excluding diaryl/α,β-unsaturated/α-hetero) is 1. The van der Waals surface area contributed by atoms with Crippen molar-refractivity contribution in [3.63, 3.8) is 0 Å². The molecule has 0 spiro atoms. The zero-order valence-electron chi connectivity index (χ0n) is 16.5. The van der Waals surface area contributed by atoms with Gasteiger partial charge in [-0.05, 0) is 54.8 Å². The Kier molecular flexibility index (Phi) is 5.55. The van der Waals surface area contributed by atoms with E-state index in [2.05, 4.69) is 0 Å². The third-order valence-corrected chi connectivity index (χ3v) is 5.49. The maximum absolute atomic E-state index is 14.0. The van der Waals surface area contributed by atoms with Crippen LogP contribution in [0.5, 0.6) is 5.75 Å². The Morgan fingerprint density at radius 1 is 1.23 bits per heavy atom. The Bertz CT molecular complexity index is 995. The molecule has 156 valence electrons. The molecule has 2 fully saturated rings. The summed E-state index contributed by atoms with van der Waals surface area (Å²) in [6.45, 7) is 0.802. The Morgan fingerprint density at radius 3 is 2.63 bits per heavy atom. The molecule has 30 heavy (non-hydrogen) atoms. The van der Waals surface area contributed by atoms with Crippen LogP contribution in [0.1, 0.15) is 30.0 Å². The van der Waals surface area contributed by atoms with Crippen molar-refractivity contribution in [1.29, 1.82) is 0 Å². The second-order valence-corrected chi connectivity index (χ2v) is 7.37. The van der Waals surface area contributed by atoms with Crippen molar-refractivity contribution in [2.45, 2.75) is 25.0 Å². The molecule has 4 rings (SSSR count). The van der Waals surface area contributed by atoms with Gasteiger partial charge in [0.25, 0.3) is 11.7 Å². The zero-order chi connectivity index (χ0) is 21.3. The summed E-state index contributed by atoms with van der Waals surface area (Å²) < 4.78 is 24.7. The van der Waals surface area contributed by atoms with Crippen molar-refractivity contribution in [2.24, 2.45) is 0 Å². The van der Waals surface area contributed by atoms with E-state index in [0.29, 0.717) is 23.5 Å². The Hall–Kier alpha value is -3.19. The van der Waals surface area contributed by atoms with Gasteiger partial charge in [-0.1, -0.05) is 12.1 Å². The van der Waals surface area contributed by atoms with Crippen molar-refractivity contribution in [2.75, 3.05) is 20.3 Å². The number of hydrogen-bond acceptors (Lipinski definition) is 5. The highest BCUT2D eigenvalue weighted by molar-refractivity contribution is 6.46. The highest BCUT2D eigenvalue weighted by Gasteiger charge is 2.47. The van der Waals surface area contributed by atoms with Gasteiger partial charge in [0.1, 0.15) is 17.3 Å². The largest absolute Gasteiger partial charge is 0.507 e. The molecule has 2 atom stereocenters. The fourth-order valence-electron chi connectivity index (χ4n) is 4.00. The number of benzene rings is 2. The number of amides is 1. The molecule has 0 aromatic heterocycles. The summed E-state index contributed by atoms with van der Waals surface area (Å²) in [6, 6.07) is 11.3. The molecule has 1 amide bonds. The van der Waals surface area contributed by atoms with E-state index < -0.39 is 23.5 Å². The van der Waals surface area contributed by atoms with Crippen LogP contribution in [0.3, 0.4) is 0 Å². The predicted octanol–water partition coefficient (Wildman–Crippen LogP) is 3.44. The molecule has 1 N–H and O–H groups in total. The minimum Gasteiger partial charge on any atom is -0.507 e. The van der Waals surface area contributed by atoms with E-state index in [9.17, 15) is 19.1 Å². The number of halogens is 1. The van der Waals surface area contributed by atoms with Gasteiger partial charge < -0.3 is 19.5 Å². The van der Waals surface area contributed by atoms with Crippen molar-refractivity contribution < 1.29 is 28.6 Å². The second-order valence-electron chi connectivity index (χ2n) is 7.37. The highest BCUT2D eigenvalue weighted by Crippen LogP contribution is 2.40. The van der Waals surface area contributed by atoms with Crippen LogP contribution in [0, 0.1) is 5.82 Å². The first-order valence-electron chi connectivity index (χ1n) is 9.79. The van der Waals surface area contributed by atoms with Gasteiger partial charge in [-0.15, -0.1) is 0 Å². The fourth-order valence-corrected chi connectivity index (χ4v) is 4.00. The number of carbonyl (C=O) groups is 2. The van der Waals surface area contributed by atoms with Crippen LogP contribution in [-0.4, -0.2) is 48.1 Å². The first-order valence-corrected chi connectivity index (χ1v) is 9.79. The molecule has 0 radical (unpaired) electrons. The van der Waals surface area contributed by atoms with Gasteiger partial charge in [-0.3, -0.25) is 9.59 Å². The summed E-state index contributed by atoms with van der Waals surface area (Å²) >= 11 is 0. The maximum atomic E-state index is 14.0. The normalized spacial score (nSPS) is 23.2. The maximum Gasteiger partial charge on any atom is 0.295 e. The first-order chi connectivity index (χ1) is 14.5. The number of hydrogen-bond donors (Lipinski definition) is 1. The van der Waals surface area contributed by atoms with Gasteiger partial charge in [0.05, 0.1) is 24.8 Å². The molecule has 0 aliphatic carbocycles. The number of nitrogens with zero attached hydrogens (tertiary/aromatic N) is 1. The molecule has 0 saturated carbocycles. The average Bonchev–Trinajstić information content (AvgIpc) is 3.36. The van der Waals surface area contributed by atoms with E-state index >= 15 is 0 Å². The van der Waals surface area contributed by atoms with Crippen molar-refractivity contribution in [1.82, 2.24) is 4.90 Å². The molecular weight excluding hydrogens is 389 g/mol. The summed E-state index contributed by atoms with van der Waals surface area (Å²) in [5, 5.41) is 11.0. The Balaban J connectivity index is 1.81. The Morgan fingerprint density at radius 2 is 2.00 bits per heavy atom. The quantitative estimate of drug-likeness (QED) is 0.463. The van der Waals surface area contributed by atoms with Crippen molar-refractivity contribution in [3.05, 3.63) is 71.0 Å².